The van der Waals surface area contributed by atoms with Crippen LogP contribution in [0.3, 0.4) is 0 Å². The van der Waals surface area contributed by atoms with Crippen LogP contribution in [-0.2, 0) is 34.0 Å². The SMILES string of the molecule is OCCC[C@@H](OCc1ccccc1)[C@@H](COCc1ccccc1)OCc1ccccc1. The lowest BCUT2D eigenvalue weighted by Gasteiger charge is -2.28. The smallest absolute Gasteiger partial charge is 0.107 e. The molecule has 164 valence electrons. The first kappa shape index (κ1) is 23.2. The first-order chi connectivity index (χ1) is 15.3. The molecule has 0 unspecified atom stereocenters. The molecule has 0 spiro atoms. The minimum atomic E-state index is -0.237. The summed E-state index contributed by atoms with van der Waals surface area (Å²) in [5.74, 6) is 0. The number of hydrogen-bond acceptors (Lipinski definition) is 4. The molecule has 0 aromatic heterocycles. The van der Waals surface area contributed by atoms with Gasteiger partial charge in [-0.05, 0) is 29.5 Å². The van der Waals surface area contributed by atoms with E-state index in [-0.39, 0.29) is 18.8 Å². The molecule has 0 bridgehead atoms. The fourth-order valence-electron chi connectivity index (χ4n) is 3.35. The quantitative estimate of drug-likeness (QED) is 0.392. The zero-order valence-corrected chi connectivity index (χ0v) is 17.9. The van der Waals surface area contributed by atoms with E-state index in [1.54, 1.807) is 0 Å². The molecule has 3 aromatic carbocycles. The topological polar surface area (TPSA) is 47.9 Å². The molecule has 0 heterocycles. The monoisotopic (exact) mass is 420 g/mol. The van der Waals surface area contributed by atoms with Gasteiger partial charge in [0.25, 0.3) is 0 Å². The lowest BCUT2D eigenvalue weighted by molar-refractivity contribution is -0.120. The molecule has 0 aliphatic carbocycles. The number of aliphatic hydroxyl groups is 1. The Kier molecular flexibility index (Phi) is 10.3. The third-order valence-corrected chi connectivity index (χ3v) is 5.07. The van der Waals surface area contributed by atoms with E-state index in [0.29, 0.717) is 39.3 Å². The van der Waals surface area contributed by atoms with Gasteiger partial charge in [0, 0.05) is 6.61 Å². The lowest BCUT2D eigenvalue weighted by atomic mass is 10.1. The molecule has 2 atom stereocenters. The summed E-state index contributed by atoms with van der Waals surface area (Å²) in [6.45, 7) is 2.07. The van der Waals surface area contributed by atoms with E-state index >= 15 is 0 Å². The van der Waals surface area contributed by atoms with Crippen molar-refractivity contribution in [3.05, 3.63) is 108 Å². The average Bonchev–Trinajstić information content (AvgIpc) is 2.83. The lowest BCUT2D eigenvalue weighted by Crippen LogP contribution is -2.36. The maximum atomic E-state index is 9.39. The van der Waals surface area contributed by atoms with Crippen LogP contribution in [0.25, 0.3) is 0 Å². The van der Waals surface area contributed by atoms with Gasteiger partial charge >= 0.3 is 0 Å². The van der Waals surface area contributed by atoms with Crippen LogP contribution in [0.4, 0.5) is 0 Å². The highest BCUT2D eigenvalue weighted by molar-refractivity contribution is 5.15. The highest BCUT2D eigenvalue weighted by Crippen LogP contribution is 2.17. The van der Waals surface area contributed by atoms with Crippen molar-refractivity contribution in [2.45, 2.75) is 44.9 Å². The zero-order valence-electron chi connectivity index (χ0n) is 17.9. The molecule has 4 nitrogen and oxygen atoms in total. The van der Waals surface area contributed by atoms with Crippen molar-refractivity contribution >= 4 is 0 Å². The molecule has 4 heteroatoms. The Balaban J connectivity index is 1.64. The van der Waals surface area contributed by atoms with E-state index in [4.69, 9.17) is 14.2 Å². The van der Waals surface area contributed by atoms with Gasteiger partial charge in [-0.2, -0.15) is 0 Å². The molecule has 0 aliphatic rings. The van der Waals surface area contributed by atoms with Gasteiger partial charge in [-0.3, -0.25) is 0 Å². The van der Waals surface area contributed by atoms with E-state index in [1.807, 2.05) is 54.6 Å². The van der Waals surface area contributed by atoms with E-state index in [2.05, 4.69) is 36.4 Å². The Hall–Kier alpha value is -2.50. The predicted molar refractivity (Wildman–Crippen MR) is 122 cm³/mol. The Morgan fingerprint density at radius 1 is 0.581 bits per heavy atom. The average molecular weight is 421 g/mol. The first-order valence-corrected chi connectivity index (χ1v) is 10.9. The second-order valence-corrected chi connectivity index (χ2v) is 7.54. The van der Waals surface area contributed by atoms with Gasteiger partial charge in [-0.15, -0.1) is 0 Å². The van der Waals surface area contributed by atoms with Crippen molar-refractivity contribution in [3.8, 4) is 0 Å². The molecular weight excluding hydrogens is 388 g/mol. The Labute approximate surface area is 185 Å². The minimum Gasteiger partial charge on any atom is -0.396 e. The summed E-state index contributed by atoms with van der Waals surface area (Å²) in [6, 6.07) is 30.3. The highest BCUT2D eigenvalue weighted by Gasteiger charge is 2.24. The fourth-order valence-corrected chi connectivity index (χ4v) is 3.35. The van der Waals surface area contributed by atoms with Gasteiger partial charge in [0.05, 0.1) is 32.5 Å². The number of ether oxygens (including phenoxy) is 3. The molecule has 0 radical (unpaired) electrons. The summed E-state index contributed by atoms with van der Waals surface area (Å²) in [4.78, 5) is 0. The van der Waals surface area contributed by atoms with Crippen LogP contribution in [0.5, 0.6) is 0 Å². The van der Waals surface area contributed by atoms with Crippen molar-refractivity contribution in [2.75, 3.05) is 13.2 Å². The third kappa shape index (κ3) is 8.64. The van der Waals surface area contributed by atoms with E-state index in [0.717, 1.165) is 16.7 Å². The highest BCUT2D eigenvalue weighted by atomic mass is 16.6. The van der Waals surface area contributed by atoms with Gasteiger partial charge in [0.1, 0.15) is 6.10 Å². The van der Waals surface area contributed by atoms with Crippen molar-refractivity contribution in [1.29, 1.82) is 0 Å². The van der Waals surface area contributed by atoms with Crippen molar-refractivity contribution in [1.82, 2.24) is 0 Å². The van der Waals surface area contributed by atoms with Gasteiger partial charge in [-0.1, -0.05) is 91.0 Å². The fraction of sp³-hybridized carbons (Fsp3) is 0.333. The Bertz CT molecular complexity index is 824. The van der Waals surface area contributed by atoms with Crippen LogP contribution >= 0.6 is 0 Å². The summed E-state index contributed by atoms with van der Waals surface area (Å²) in [5.41, 5.74) is 3.35. The summed E-state index contributed by atoms with van der Waals surface area (Å²) in [6.07, 6.45) is 0.951. The van der Waals surface area contributed by atoms with Crippen LogP contribution in [-0.4, -0.2) is 30.5 Å². The summed E-state index contributed by atoms with van der Waals surface area (Å²) < 4.78 is 18.6. The van der Waals surface area contributed by atoms with Crippen LogP contribution < -0.4 is 0 Å². The molecule has 0 aliphatic heterocycles. The molecule has 0 saturated carbocycles. The van der Waals surface area contributed by atoms with Gasteiger partial charge < -0.3 is 19.3 Å². The van der Waals surface area contributed by atoms with E-state index < -0.39 is 0 Å². The van der Waals surface area contributed by atoms with Crippen LogP contribution in [0.15, 0.2) is 91.0 Å². The molecule has 31 heavy (non-hydrogen) atoms. The largest absolute Gasteiger partial charge is 0.396 e. The second kappa shape index (κ2) is 13.7. The number of rotatable bonds is 14. The maximum absolute atomic E-state index is 9.39. The number of hydrogen-bond donors (Lipinski definition) is 1. The van der Waals surface area contributed by atoms with Crippen molar-refractivity contribution in [3.63, 3.8) is 0 Å². The van der Waals surface area contributed by atoms with Crippen LogP contribution in [0, 0.1) is 0 Å². The minimum absolute atomic E-state index is 0.126. The van der Waals surface area contributed by atoms with Gasteiger partial charge in [0.2, 0.25) is 0 Å². The summed E-state index contributed by atoms with van der Waals surface area (Å²) in [7, 11) is 0. The second-order valence-electron chi connectivity index (χ2n) is 7.54. The summed E-state index contributed by atoms with van der Waals surface area (Å²) >= 11 is 0. The number of benzene rings is 3. The molecule has 1 N–H and O–H groups in total. The molecular formula is C27H32O4. The number of aliphatic hydroxyl groups excluding tert-OH is 1. The first-order valence-electron chi connectivity index (χ1n) is 10.9. The molecule has 0 fully saturated rings. The normalized spacial score (nSPS) is 13.1. The van der Waals surface area contributed by atoms with Crippen LogP contribution in [0.2, 0.25) is 0 Å². The van der Waals surface area contributed by atoms with Gasteiger partial charge in [0.15, 0.2) is 0 Å². The standard InChI is InChI=1S/C27H32O4/c28-18-10-17-26(30-20-24-13-6-2-7-14-24)27(31-21-25-15-8-3-9-16-25)22-29-19-23-11-4-1-5-12-23/h1-9,11-16,26-28H,10,17-22H2/t26-,27-/m1/s1. The molecule has 0 saturated heterocycles. The van der Waals surface area contributed by atoms with Crippen LogP contribution in [0.1, 0.15) is 29.5 Å². The molecule has 3 aromatic rings. The van der Waals surface area contributed by atoms with E-state index in [1.165, 1.54) is 0 Å². The summed E-state index contributed by atoms with van der Waals surface area (Å²) in [5, 5.41) is 9.39. The van der Waals surface area contributed by atoms with Gasteiger partial charge in [-0.25, -0.2) is 0 Å². The van der Waals surface area contributed by atoms with Crippen molar-refractivity contribution in [2.24, 2.45) is 0 Å². The molecule has 0 amide bonds. The Morgan fingerprint density at radius 3 is 1.52 bits per heavy atom. The maximum Gasteiger partial charge on any atom is 0.107 e. The third-order valence-electron chi connectivity index (χ3n) is 5.07. The predicted octanol–water partition coefficient (Wildman–Crippen LogP) is 5.15. The zero-order chi connectivity index (χ0) is 21.6. The molecule has 3 rings (SSSR count). The van der Waals surface area contributed by atoms with E-state index in [9.17, 15) is 5.11 Å². The Morgan fingerprint density at radius 2 is 1.03 bits per heavy atom. The van der Waals surface area contributed by atoms with Crippen molar-refractivity contribution < 1.29 is 19.3 Å².